The van der Waals surface area contributed by atoms with Crippen LogP contribution in [0, 0.1) is 5.92 Å². The molecule has 1 aromatic heterocycles. The Labute approximate surface area is 130 Å². The fourth-order valence-corrected chi connectivity index (χ4v) is 3.59. The number of halogens is 2. The second-order valence-electron chi connectivity index (χ2n) is 5.40. The molecule has 1 fully saturated rings. The molecule has 0 bridgehead atoms. The lowest BCUT2D eigenvalue weighted by atomic mass is 10.2. The molecule has 0 aliphatic carbocycles. The van der Waals surface area contributed by atoms with Gasteiger partial charge in [-0.25, -0.2) is 4.98 Å². The van der Waals surface area contributed by atoms with Gasteiger partial charge in [-0.3, -0.25) is 9.36 Å². The van der Waals surface area contributed by atoms with Crippen LogP contribution in [-0.2, 0) is 7.05 Å². The van der Waals surface area contributed by atoms with Crippen molar-refractivity contribution in [2.75, 3.05) is 18.0 Å². The number of aromatic nitrogens is 2. The minimum Gasteiger partial charge on any atom is -0.342 e. The molecular formula is C14H15BrClN3O. The Morgan fingerprint density at radius 3 is 2.85 bits per heavy atom. The first-order chi connectivity index (χ1) is 9.47. The summed E-state index contributed by atoms with van der Waals surface area (Å²) < 4.78 is 2.37. The molecule has 0 spiro atoms. The number of nitrogens with zero attached hydrogens (tertiary/aromatic N) is 3. The van der Waals surface area contributed by atoms with E-state index in [-0.39, 0.29) is 5.56 Å². The van der Waals surface area contributed by atoms with E-state index in [1.165, 1.54) is 0 Å². The smallest absolute Gasteiger partial charge is 0.262 e. The van der Waals surface area contributed by atoms with Crippen molar-refractivity contribution in [1.82, 2.24) is 9.55 Å². The number of hydrogen-bond acceptors (Lipinski definition) is 3. The van der Waals surface area contributed by atoms with E-state index in [1.807, 2.05) is 0 Å². The van der Waals surface area contributed by atoms with Gasteiger partial charge in [0, 0.05) is 29.6 Å². The summed E-state index contributed by atoms with van der Waals surface area (Å²) in [6.07, 6.45) is 1.13. The van der Waals surface area contributed by atoms with E-state index in [0.29, 0.717) is 21.8 Å². The normalized spacial score (nSPS) is 19.0. The SMILES string of the molecule is CC1CCN(c2nc3c(Br)cc(Cl)cc3c(=O)n2C)C1. The topological polar surface area (TPSA) is 38.1 Å². The maximum atomic E-state index is 12.5. The third-order valence-electron chi connectivity index (χ3n) is 3.78. The molecule has 1 saturated heterocycles. The zero-order chi connectivity index (χ0) is 14.4. The van der Waals surface area contributed by atoms with Crippen LogP contribution in [0.5, 0.6) is 0 Å². The van der Waals surface area contributed by atoms with E-state index in [4.69, 9.17) is 11.6 Å². The molecule has 106 valence electrons. The number of fused-ring (bicyclic) bond motifs is 1. The Bertz CT molecular complexity index is 743. The molecule has 6 heteroatoms. The van der Waals surface area contributed by atoms with Crippen molar-refractivity contribution in [2.45, 2.75) is 13.3 Å². The highest BCUT2D eigenvalue weighted by molar-refractivity contribution is 9.10. The van der Waals surface area contributed by atoms with E-state index in [0.717, 1.165) is 29.9 Å². The molecule has 1 aromatic carbocycles. The highest BCUT2D eigenvalue weighted by Gasteiger charge is 2.23. The Balaban J connectivity index is 2.25. The van der Waals surface area contributed by atoms with Gasteiger partial charge in [-0.05, 0) is 40.4 Å². The van der Waals surface area contributed by atoms with Gasteiger partial charge in [-0.1, -0.05) is 18.5 Å². The molecule has 0 N–H and O–H groups in total. The van der Waals surface area contributed by atoms with Crippen LogP contribution in [0.3, 0.4) is 0 Å². The average Bonchev–Trinajstić information content (AvgIpc) is 2.81. The van der Waals surface area contributed by atoms with Crippen LogP contribution in [0.2, 0.25) is 5.02 Å². The summed E-state index contributed by atoms with van der Waals surface area (Å²) >= 11 is 9.47. The van der Waals surface area contributed by atoms with Crippen molar-refractivity contribution in [3.8, 4) is 0 Å². The van der Waals surface area contributed by atoms with Crippen molar-refractivity contribution >= 4 is 44.4 Å². The van der Waals surface area contributed by atoms with Crippen LogP contribution in [0.15, 0.2) is 21.4 Å². The van der Waals surface area contributed by atoms with Crippen LogP contribution in [-0.4, -0.2) is 22.6 Å². The molecule has 2 aromatic rings. The molecule has 20 heavy (non-hydrogen) atoms. The first-order valence-electron chi connectivity index (χ1n) is 6.58. The monoisotopic (exact) mass is 355 g/mol. The van der Waals surface area contributed by atoms with Crippen molar-refractivity contribution in [3.63, 3.8) is 0 Å². The van der Waals surface area contributed by atoms with E-state index >= 15 is 0 Å². The van der Waals surface area contributed by atoms with Gasteiger partial charge in [-0.2, -0.15) is 0 Å². The van der Waals surface area contributed by atoms with Gasteiger partial charge in [0.15, 0.2) is 0 Å². The lowest BCUT2D eigenvalue weighted by molar-refractivity contribution is 0.655. The quantitative estimate of drug-likeness (QED) is 0.787. The van der Waals surface area contributed by atoms with Crippen molar-refractivity contribution in [3.05, 3.63) is 32.0 Å². The average molecular weight is 357 g/mol. The summed E-state index contributed by atoms with van der Waals surface area (Å²) in [4.78, 5) is 19.4. The first-order valence-corrected chi connectivity index (χ1v) is 7.75. The Morgan fingerprint density at radius 2 is 2.20 bits per heavy atom. The molecular weight excluding hydrogens is 342 g/mol. The largest absolute Gasteiger partial charge is 0.342 e. The highest BCUT2D eigenvalue weighted by Crippen LogP contribution is 2.28. The fourth-order valence-electron chi connectivity index (χ4n) is 2.69. The molecule has 1 atom stereocenters. The molecule has 1 aliphatic rings. The van der Waals surface area contributed by atoms with E-state index in [9.17, 15) is 4.79 Å². The minimum atomic E-state index is -0.0623. The first kappa shape index (κ1) is 13.9. The number of benzene rings is 1. The lowest BCUT2D eigenvalue weighted by Gasteiger charge is -2.20. The van der Waals surface area contributed by atoms with Gasteiger partial charge in [-0.15, -0.1) is 0 Å². The van der Waals surface area contributed by atoms with Crippen LogP contribution in [0.25, 0.3) is 10.9 Å². The molecule has 0 amide bonds. The Morgan fingerprint density at radius 1 is 1.45 bits per heavy atom. The number of hydrogen-bond donors (Lipinski definition) is 0. The van der Waals surface area contributed by atoms with E-state index < -0.39 is 0 Å². The van der Waals surface area contributed by atoms with Crippen LogP contribution >= 0.6 is 27.5 Å². The fraction of sp³-hybridized carbons (Fsp3) is 0.429. The zero-order valence-corrected chi connectivity index (χ0v) is 13.7. The molecule has 2 heterocycles. The van der Waals surface area contributed by atoms with Crippen molar-refractivity contribution < 1.29 is 0 Å². The molecule has 0 saturated carbocycles. The standard InChI is InChI=1S/C14H15BrClN3O/c1-8-3-4-19(7-8)14-17-12-10(13(20)18(14)2)5-9(16)6-11(12)15/h5-6,8H,3-4,7H2,1-2H3. The zero-order valence-electron chi connectivity index (χ0n) is 11.4. The van der Waals surface area contributed by atoms with Gasteiger partial charge in [0.1, 0.15) is 0 Å². The predicted octanol–water partition coefficient (Wildman–Crippen LogP) is 3.20. The van der Waals surface area contributed by atoms with Crippen molar-refractivity contribution in [2.24, 2.45) is 13.0 Å². The summed E-state index contributed by atoms with van der Waals surface area (Å²) in [7, 11) is 1.77. The van der Waals surface area contributed by atoms with Gasteiger partial charge >= 0.3 is 0 Å². The number of anilines is 1. The lowest BCUT2D eigenvalue weighted by Crippen LogP contribution is -2.30. The molecule has 1 aliphatic heterocycles. The maximum absolute atomic E-state index is 12.5. The summed E-state index contributed by atoms with van der Waals surface area (Å²) in [6.45, 7) is 4.10. The predicted molar refractivity (Wildman–Crippen MR) is 85.7 cm³/mol. The second kappa shape index (κ2) is 5.04. The Hall–Kier alpha value is -1.07. The highest BCUT2D eigenvalue weighted by atomic mass is 79.9. The van der Waals surface area contributed by atoms with Gasteiger partial charge in [0.2, 0.25) is 5.95 Å². The van der Waals surface area contributed by atoms with Gasteiger partial charge < -0.3 is 4.90 Å². The number of rotatable bonds is 1. The summed E-state index contributed by atoms with van der Waals surface area (Å²) in [5.74, 6) is 1.37. The molecule has 4 nitrogen and oxygen atoms in total. The van der Waals surface area contributed by atoms with E-state index in [1.54, 1.807) is 23.7 Å². The van der Waals surface area contributed by atoms with Crippen molar-refractivity contribution in [1.29, 1.82) is 0 Å². The third kappa shape index (κ3) is 2.23. The molecule has 0 radical (unpaired) electrons. The Kier molecular flexibility index (Phi) is 3.50. The van der Waals surface area contributed by atoms with Gasteiger partial charge in [0.05, 0.1) is 10.9 Å². The minimum absolute atomic E-state index is 0.0623. The van der Waals surface area contributed by atoms with Gasteiger partial charge in [0.25, 0.3) is 5.56 Å². The summed E-state index contributed by atoms with van der Waals surface area (Å²) in [5.41, 5.74) is 0.611. The van der Waals surface area contributed by atoms with Crippen LogP contribution in [0.1, 0.15) is 13.3 Å². The summed E-state index contributed by atoms with van der Waals surface area (Å²) in [5, 5.41) is 1.08. The van der Waals surface area contributed by atoms with E-state index in [2.05, 4.69) is 32.7 Å². The van der Waals surface area contributed by atoms with Crippen LogP contribution < -0.4 is 10.5 Å². The third-order valence-corrected chi connectivity index (χ3v) is 4.60. The molecule has 3 rings (SSSR count). The summed E-state index contributed by atoms with van der Waals surface area (Å²) in [6, 6.07) is 3.44. The maximum Gasteiger partial charge on any atom is 0.262 e. The second-order valence-corrected chi connectivity index (χ2v) is 6.69. The van der Waals surface area contributed by atoms with Crippen LogP contribution in [0.4, 0.5) is 5.95 Å². The molecule has 1 unspecified atom stereocenters.